The van der Waals surface area contributed by atoms with Crippen molar-refractivity contribution in [3.8, 4) is 0 Å². The number of ether oxygens (including phenoxy) is 1. The number of carbonyl (C=O) groups excluding carboxylic acids is 2. The zero-order valence-electron chi connectivity index (χ0n) is 11.9. The smallest absolute Gasteiger partial charge is 0.416 e. The Labute approximate surface area is 133 Å². The van der Waals surface area contributed by atoms with Crippen molar-refractivity contribution < 1.29 is 27.5 Å². The highest BCUT2D eigenvalue weighted by molar-refractivity contribution is 7.18. The largest absolute Gasteiger partial charge is 0.465 e. The number of carbonyl (C=O) groups is 2. The summed E-state index contributed by atoms with van der Waals surface area (Å²) in [6, 6.07) is 7.46. The lowest BCUT2D eigenvalue weighted by Crippen LogP contribution is -2.13. The highest BCUT2D eigenvalue weighted by atomic mass is 32.1. The maximum Gasteiger partial charge on any atom is 0.416 e. The number of hydrogen-bond acceptors (Lipinski definition) is 4. The number of benzene rings is 1. The Bertz CT molecular complexity index is 708. The summed E-state index contributed by atoms with van der Waals surface area (Å²) in [5.41, 5.74) is -0.303. The van der Waals surface area contributed by atoms with E-state index < -0.39 is 17.7 Å². The summed E-state index contributed by atoms with van der Waals surface area (Å²) < 4.78 is 41.9. The first-order chi connectivity index (χ1) is 10.8. The van der Waals surface area contributed by atoms with Crippen LogP contribution >= 0.6 is 11.3 Å². The van der Waals surface area contributed by atoms with E-state index in [4.69, 9.17) is 0 Å². The number of halogens is 3. The van der Waals surface area contributed by atoms with Crippen LogP contribution in [0.5, 0.6) is 0 Å². The van der Waals surface area contributed by atoms with E-state index >= 15 is 0 Å². The van der Waals surface area contributed by atoms with Crippen LogP contribution in [0.15, 0.2) is 36.4 Å². The molecule has 0 aliphatic rings. The molecule has 23 heavy (non-hydrogen) atoms. The number of methoxy groups -OCH3 is 1. The molecular formula is C15H12F3NO3S. The van der Waals surface area contributed by atoms with Crippen LogP contribution in [0.3, 0.4) is 0 Å². The molecule has 0 bridgehead atoms. The van der Waals surface area contributed by atoms with E-state index in [2.05, 4.69) is 10.1 Å². The van der Waals surface area contributed by atoms with Crippen LogP contribution < -0.4 is 5.32 Å². The van der Waals surface area contributed by atoms with Gasteiger partial charge in [-0.2, -0.15) is 13.2 Å². The number of alkyl halides is 3. The first-order valence-corrected chi connectivity index (χ1v) is 7.25. The first kappa shape index (κ1) is 17.0. The van der Waals surface area contributed by atoms with Crippen LogP contribution in [0, 0.1) is 0 Å². The van der Waals surface area contributed by atoms with Gasteiger partial charge in [-0.3, -0.25) is 4.79 Å². The minimum Gasteiger partial charge on any atom is -0.465 e. The van der Waals surface area contributed by atoms with E-state index in [9.17, 15) is 22.8 Å². The zero-order chi connectivity index (χ0) is 17.0. The molecule has 0 radical (unpaired) electrons. The van der Waals surface area contributed by atoms with E-state index in [1.165, 1.54) is 25.3 Å². The quantitative estimate of drug-likeness (QED) is 0.861. The molecule has 2 aromatic rings. The second-order valence-corrected chi connectivity index (χ2v) is 5.66. The van der Waals surface area contributed by atoms with Gasteiger partial charge in [-0.05, 0) is 29.8 Å². The van der Waals surface area contributed by atoms with Gasteiger partial charge in [0.05, 0.1) is 24.1 Å². The van der Waals surface area contributed by atoms with Gasteiger partial charge in [0.15, 0.2) is 0 Å². The average Bonchev–Trinajstić information content (AvgIpc) is 2.94. The lowest BCUT2D eigenvalue weighted by molar-refractivity contribution is -0.137. The third-order valence-corrected chi connectivity index (χ3v) is 3.88. The van der Waals surface area contributed by atoms with Crippen molar-refractivity contribution in [1.82, 2.24) is 0 Å². The summed E-state index contributed by atoms with van der Waals surface area (Å²) >= 11 is 1.06. The standard InChI is InChI=1S/C15H12F3NO3S/c1-22-14(21)11-6-7-13(23-11)19-12(20)8-9-2-4-10(5-3-9)15(16,17)18/h2-7H,8H2,1H3,(H,19,20). The van der Waals surface area contributed by atoms with Crippen molar-refractivity contribution in [2.75, 3.05) is 12.4 Å². The van der Waals surface area contributed by atoms with Crippen molar-refractivity contribution >= 4 is 28.2 Å². The van der Waals surface area contributed by atoms with Gasteiger partial charge in [-0.1, -0.05) is 12.1 Å². The molecule has 0 aliphatic heterocycles. The zero-order valence-corrected chi connectivity index (χ0v) is 12.8. The highest BCUT2D eigenvalue weighted by Crippen LogP contribution is 2.29. The topological polar surface area (TPSA) is 55.4 Å². The Hall–Kier alpha value is -2.35. The van der Waals surface area contributed by atoms with Crippen molar-refractivity contribution in [1.29, 1.82) is 0 Å². The fourth-order valence-electron chi connectivity index (χ4n) is 1.79. The van der Waals surface area contributed by atoms with Crippen LogP contribution in [-0.2, 0) is 22.1 Å². The highest BCUT2D eigenvalue weighted by Gasteiger charge is 2.29. The summed E-state index contributed by atoms with van der Waals surface area (Å²) in [6.45, 7) is 0. The molecule has 4 nitrogen and oxygen atoms in total. The SMILES string of the molecule is COC(=O)c1ccc(NC(=O)Cc2ccc(C(F)(F)F)cc2)s1. The van der Waals surface area contributed by atoms with Crippen LogP contribution in [-0.4, -0.2) is 19.0 Å². The maximum absolute atomic E-state index is 12.5. The summed E-state index contributed by atoms with van der Waals surface area (Å²) in [5.74, 6) is -0.888. The van der Waals surface area contributed by atoms with Crippen molar-refractivity contribution in [2.45, 2.75) is 12.6 Å². The molecule has 0 aliphatic carbocycles. The Balaban J connectivity index is 1.97. The Morgan fingerprint density at radius 1 is 1.13 bits per heavy atom. The number of amides is 1. The van der Waals surface area contributed by atoms with E-state index in [1.807, 2.05) is 0 Å². The van der Waals surface area contributed by atoms with Crippen molar-refractivity contribution in [3.05, 3.63) is 52.4 Å². The van der Waals surface area contributed by atoms with Gasteiger partial charge >= 0.3 is 12.1 Å². The number of esters is 1. The minimum atomic E-state index is -4.40. The summed E-state index contributed by atoms with van der Waals surface area (Å²) in [6.07, 6.45) is -4.47. The van der Waals surface area contributed by atoms with Crippen LogP contribution in [0.25, 0.3) is 0 Å². The normalized spacial score (nSPS) is 11.1. The second-order valence-electron chi connectivity index (χ2n) is 4.58. The average molecular weight is 343 g/mol. The maximum atomic E-state index is 12.5. The molecule has 0 saturated carbocycles. The lowest BCUT2D eigenvalue weighted by atomic mass is 10.1. The molecule has 0 fully saturated rings. The fourth-order valence-corrected chi connectivity index (χ4v) is 2.63. The second kappa shape index (κ2) is 6.82. The minimum absolute atomic E-state index is 0.0659. The predicted octanol–water partition coefficient (Wildman–Crippen LogP) is 3.73. The molecule has 0 saturated heterocycles. The predicted molar refractivity (Wildman–Crippen MR) is 79.4 cm³/mol. The molecule has 0 atom stereocenters. The van der Waals surface area contributed by atoms with E-state index in [1.54, 1.807) is 6.07 Å². The molecule has 122 valence electrons. The van der Waals surface area contributed by atoms with Gasteiger partial charge < -0.3 is 10.1 Å². The van der Waals surface area contributed by atoms with Crippen LogP contribution in [0.2, 0.25) is 0 Å². The molecule has 0 unspecified atom stereocenters. The molecular weight excluding hydrogens is 331 g/mol. The van der Waals surface area contributed by atoms with E-state index in [0.717, 1.165) is 23.5 Å². The van der Waals surface area contributed by atoms with E-state index in [-0.39, 0.29) is 12.3 Å². The molecule has 1 heterocycles. The number of hydrogen-bond donors (Lipinski definition) is 1. The first-order valence-electron chi connectivity index (χ1n) is 6.43. The molecule has 2 rings (SSSR count). The summed E-state index contributed by atoms with van der Waals surface area (Å²) in [4.78, 5) is 23.5. The summed E-state index contributed by atoms with van der Waals surface area (Å²) in [5, 5.41) is 3.04. The number of anilines is 1. The van der Waals surface area contributed by atoms with Crippen LogP contribution in [0.4, 0.5) is 18.2 Å². The van der Waals surface area contributed by atoms with E-state index in [0.29, 0.717) is 15.4 Å². The third kappa shape index (κ3) is 4.56. The monoisotopic (exact) mass is 343 g/mol. The fraction of sp³-hybridized carbons (Fsp3) is 0.200. The Morgan fingerprint density at radius 2 is 1.78 bits per heavy atom. The van der Waals surface area contributed by atoms with Gasteiger partial charge in [-0.25, -0.2) is 4.79 Å². The van der Waals surface area contributed by atoms with Gasteiger partial charge in [0, 0.05) is 0 Å². The molecule has 8 heteroatoms. The summed E-state index contributed by atoms with van der Waals surface area (Å²) in [7, 11) is 1.25. The molecule has 1 N–H and O–H groups in total. The van der Waals surface area contributed by atoms with Crippen LogP contribution in [0.1, 0.15) is 20.8 Å². The Kier molecular flexibility index (Phi) is 5.05. The van der Waals surface area contributed by atoms with Gasteiger partial charge in [0.25, 0.3) is 0 Å². The van der Waals surface area contributed by atoms with Crippen molar-refractivity contribution in [3.63, 3.8) is 0 Å². The lowest BCUT2D eigenvalue weighted by Gasteiger charge is -2.07. The Morgan fingerprint density at radius 3 is 2.35 bits per heavy atom. The number of nitrogens with one attached hydrogen (secondary N) is 1. The third-order valence-electron chi connectivity index (χ3n) is 2.90. The van der Waals surface area contributed by atoms with Gasteiger partial charge in [0.2, 0.25) is 5.91 Å². The van der Waals surface area contributed by atoms with Gasteiger partial charge in [0.1, 0.15) is 4.88 Å². The molecule has 1 aromatic carbocycles. The van der Waals surface area contributed by atoms with Crippen molar-refractivity contribution in [2.24, 2.45) is 0 Å². The number of rotatable bonds is 4. The molecule has 1 amide bonds. The number of thiophene rings is 1. The molecule has 0 spiro atoms. The molecule has 1 aromatic heterocycles. The van der Waals surface area contributed by atoms with Gasteiger partial charge in [-0.15, -0.1) is 11.3 Å².